The molecule has 0 radical (unpaired) electrons. The topological polar surface area (TPSA) is 33.4 Å². The number of thioether (sulfide) groups is 1. The lowest BCUT2D eigenvalue weighted by Gasteiger charge is -2.28. The number of aryl methyl sites for hydroxylation is 1. The molecule has 0 unspecified atom stereocenters. The fourth-order valence-electron chi connectivity index (χ4n) is 4.16. The van der Waals surface area contributed by atoms with E-state index in [0.717, 1.165) is 17.4 Å². The Morgan fingerprint density at radius 3 is 2.59 bits per heavy atom. The minimum absolute atomic E-state index is 0.0259. The normalized spacial score (nSPS) is 24.1. The van der Waals surface area contributed by atoms with Crippen LogP contribution in [0.5, 0.6) is 0 Å². The maximum Gasteiger partial charge on any atom is 0.160 e. The molecule has 27 heavy (non-hydrogen) atoms. The summed E-state index contributed by atoms with van der Waals surface area (Å²) in [6, 6.07) is 21.4. The number of aliphatic imine (C=N–C) groups is 1. The summed E-state index contributed by atoms with van der Waals surface area (Å²) in [7, 11) is 0. The van der Waals surface area contributed by atoms with Crippen molar-refractivity contribution in [1.82, 2.24) is 14.5 Å². The number of nitrogens with zero attached hydrogens (tertiary/aromatic N) is 4. The van der Waals surface area contributed by atoms with E-state index in [2.05, 4.69) is 82.9 Å². The van der Waals surface area contributed by atoms with Gasteiger partial charge in [-0.3, -0.25) is 9.98 Å². The number of fused-ring (bicyclic) bond motifs is 1. The van der Waals surface area contributed by atoms with E-state index in [-0.39, 0.29) is 12.1 Å². The quantitative estimate of drug-likeness (QED) is 0.662. The van der Waals surface area contributed by atoms with Gasteiger partial charge in [0.05, 0.1) is 11.7 Å². The van der Waals surface area contributed by atoms with Gasteiger partial charge >= 0.3 is 0 Å². The number of benzene rings is 1. The van der Waals surface area contributed by atoms with Crippen molar-refractivity contribution in [2.45, 2.75) is 31.2 Å². The van der Waals surface area contributed by atoms with Crippen LogP contribution < -0.4 is 0 Å². The molecule has 0 saturated carbocycles. The maximum atomic E-state index is 5.10. The summed E-state index contributed by atoms with van der Waals surface area (Å²) in [5, 5.41) is 1.72. The van der Waals surface area contributed by atoms with Crippen LogP contribution in [0, 0.1) is 6.92 Å². The van der Waals surface area contributed by atoms with E-state index in [1.807, 2.05) is 24.0 Å². The predicted molar refractivity (Wildman–Crippen MR) is 111 cm³/mol. The lowest BCUT2D eigenvalue weighted by molar-refractivity contribution is 0.312. The highest BCUT2D eigenvalue weighted by atomic mass is 32.2. The van der Waals surface area contributed by atoms with Gasteiger partial charge in [0.15, 0.2) is 5.17 Å². The first-order valence-corrected chi connectivity index (χ1v) is 10.3. The number of amidine groups is 1. The second-order valence-corrected chi connectivity index (χ2v) is 8.61. The van der Waals surface area contributed by atoms with Gasteiger partial charge in [0.2, 0.25) is 0 Å². The van der Waals surface area contributed by atoms with Crippen molar-refractivity contribution in [2.75, 3.05) is 6.54 Å². The van der Waals surface area contributed by atoms with E-state index in [4.69, 9.17) is 4.99 Å². The van der Waals surface area contributed by atoms with Gasteiger partial charge in [0.1, 0.15) is 6.04 Å². The minimum atomic E-state index is 0.0259. The fourth-order valence-corrected chi connectivity index (χ4v) is 5.25. The zero-order valence-corrected chi connectivity index (χ0v) is 16.3. The Hall–Kier alpha value is -2.53. The van der Waals surface area contributed by atoms with Crippen molar-refractivity contribution in [1.29, 1.82) is 0 Å². The van der Waals surface area contributed by atoms with Crippen LogP contribution in [-0.2, 0) is 0 Å². The highest BCUT2D eigenvalue weighted by molar-refractivity contribution is 8.14. The first kappa shape index (κ1) is 16.6. The predicted octanol–water partition coefficient (Wildman–Crippen LogP) is 4.77. The van der Waals surface area contributed by atoms with Gasteiger partial charge in [-0.05, 0) is 43.3 Å². The molecule has 4 nitrogen and oxygen atoms in total. The van der Waals surface area contributed by atoms with E-state index < -0.39 is 0 Å². The van der Waals surface area contributed by atoms with E-state index in [1.165, 1.54) is 17.1 Å². The number of hydrogen-bond acceptors (Lipinski definition) is 4. The third-order valence-electron chi connectivity index (χ3n) is 5.30. The zero-order chi connectivity index (χ0) is 18.4. The average molecular weight is 375 g/mol. The molecule has 2 aromatic heterocycles. The summed E-state index contributed by atoms with van der Waals surface area (Å²) in [5.74, 6) is 0. The molecular weight excluding hydrogens is 352 g/mol. The molecule has 3 aromatic rings. The van der Waals surface area contributed by atoms with Gasteiger partial charge < -0.3 is 9.47 Å². The van der Waals surface area contributed by atoms with E-state index in [9.17, 15) is 0 Å². The van der Waals surface area contributed by atoms with Crippen molar-refractivity contribution in [3.63, 3.8) is 0 Å². The first-order chi connectivity index (χ1) is 13.2. The van der Waals surface area contributed by atoms with Crippen LogP contribution in [0.25, 0.3) is 5.69 Å². The van der Waals surface area contributed by atoms with Crippen LogP contribution in [0.15, 0.2) is 71.9 Å². The Balaban J connectivity index is 1.65. The number of pyridine rings is 1. The van der Waals surface area contributed by atoms with Crippen molar-refractivity contribution in [3.05, 3.63) is 83.9 Å². The summed E-state index contributed by atoms with van der Waals surface area (Å²) >= 11 is 1.88. The largest absolute Gasteiger partial charge is 0.339 e. The maximum absolute atomic E-state index is 5.10. The van der Waals surface area contributed by atoms with Gasteiger partial charge in [-0.2, -0.15) is 0 Å². The molecule has 0 aliphatic carbocycles. The molecule has 1 aromatic carbocycles. The van der Waals surface area contributed by atoms with Gasteiger partial charge in [0.25, 0.3) is 0 Å². The third-order valence-corrected chi connectivity index (χ3v) is 6.41. The molecule has 136 valence electrons. The number of para-hydroxylation sites is 1. The molecule has 3 atom stereocenters. The van der Waals surface area contributed by atoms with E-state index >= 15 is 0 Å². The smallest absolute Gasteiger partial charge is 0.160 e. The molecule has 0 N–H and O–H groups in total. The van der Waals surface area contributed by atoms with Crippen molar-refractivity contribution < 1.29 is 0 Å². The Bertz CT molecular complexity index is 980. The fraction of sp³-hybridized carbons (Fsp3) is 0.273. The van der Waals surface area contributed by atoms with Gasteiger partial charge in [-0.15, -0.1) is 0 Å². The van der Waals surface area contributed by atoms with Gasteiger partial charge in [-0.25, -0.2) is 0 Å². The number of rotatable bonds is 3. The summed E-state index contributed by atoms with van der Waals surface area (Å²) in [6.07, 6.45) is 1.87. The van der Waals surface area contributed by atoms with Crippen LogP contribution >= 0.6 is 11.8 Å². The van der Waals surface area contributed by atoms with E-state index in [1.54, 1.807) is 0 Å². The Morgan fingerprint density at radius 1 is 1.00 bits per heavy atom. The molecule has 1 saturated heterocycles. The Kier molecular flexibility index (Phi) is 4.05. The minimum Gasteiger partial charge on any atom is -0.339 e. The second-order valence-electron chi connectivity index (χ2n) is 7.21. The molecule has 5 rings (SSSR count). The Labute approximate surface area is 164 Å². The van der Waals surface area contributed by atoms with Crippen LogP contribution in [0.1, 0.15) is 36.1 Å². The standard InChI is InChI=1S/C22H22N4S/c1-15-11-12-19(26(15)17-8-4-3-5-9-17)21-20(18-10-6-7-13-23-18)24-22-25(21)14-16(2)27-22/h3-13,16,20-21H,14H2,1-2H3/t16-,20+,21-/m1/s1. The van der Waals surface area contributed by atoms with E-state index in [0.29, 0.717) is 5.25 Å². The summed E-state index contributed by atoms with van der Waals surface area (Å²) < 4.78 is 2.37. The molecule has 5 heteroatoms. The number of aromatic nitrogens is 2. The first-order valence-electron chi connectivity index (χ1n) is 9.38. The molecule has 2 aliphatic heterocycles. The zero-order valence-electron chi connectivity index (χ0n) is 15.5. The molecule has 4 heterocycles. The lowest BCUT2D eigenvalue weighted by atomic mass is 10.0. The van der Waals surface area contributed by atoms with Crippen molar-refractivity contribution in [3.8, 4) is 5.69 Å². The van der Waals surface area contributed by atoms with Crippen LogP contribution in [0.4, 0.5) is 0 Å². The highest BCUT2D eigenvalue weighted by Gasteiger charge is 2.44. The second kappa shape index (κ2) is 6.57. The van der Waals surface area contributed by atoms with Crippen LogP contribution in [0.3, 0.4) is 0 Å². The molecule has 2 aliphatic rings. The lowest BCUT2D eigenvalue weighted by Crippen LogP contribution is -2.30. The van der Waals surface area contributed by atoms with Crippen LogP contribution in [-0.4, -0.2) is 31.4 Å². The molecule has 1 fully saturated rings. The van der Waals surface area contributed by atoms with Gasteiger partial charge in [-0.1, -0.05) is 43.0 Å². The number of hydrogen-bond donors (Lipinski definition) is 0. The monoisotopic (exact) mass is 374 g/mol. The van der Waals surface area contributed by atoms with Gasteiger partial charge in [0, 0.05) is 35.1 Å². The summed E-state index contributed by atoms with van der Waals surface area (Å²) in [6.45, 7) is 5.47. The SMILES string of the molecule is Cc1ccc([C@@H]2[C@H](c3ccccn3)N=C3S[C@H](C)CN32)n1-c1ccccc1. The van der Waals surface area contributed by atoms with Crippen molar-refractivity contribution in [2.24, 2.45) is 4.99 Å². The Morgan fingerprint density at radius 2 is 1.81 bits per heavy atom. The van der Waals surface area contributed by atoms with Crippen LogP contribution in [0.2, 0.25) is 0 Å². The highest BCUT2D eigenvalue weighted by Crippen LogP contribution is 2.48. The molecule has 0 bridgehead atoms. The molecule has 0 amide bonds. The van der Waals surface area contributed by atoms with Crippen molar-refractivity contribution >= 4 is 16.9 Å². The third kappa shape index (κ3) is 2.77. The summed E-state index contributed by atoms with van der Waals surface area (Å²) in [5.41, 5.74) is 4.76. The molecular formula is C22H22N4S. The average Bonchev–Trinajstić information content (AvgIpc) is 3.34. The molecule has 0 spiro atoms. The summed E-state index contributed by atoms with van der Waals surface area (Å²) in [4.78, 5) is 12.2.